The summed E-state index contributed by atoms with van der Waals surface area (Å²) < 4.78 is 13.2. The minimum atomic E-state index is -0.720. The Kier molecular flexibility index (Phi) is 7.65. The first-order valence-electron chi connectivity index (χ1n) is 14.3. The van der Waals surface area contributed by atoms with Gasteiger partial charge in [0.1, 0.15) is 22.9 Å². The number of hydrogen-bond donors (Lipinski definition) is 2. The molecule has 2 aliphatic heterocycles. The first kappa shape index (κ1) is 28.1. The Balaban J connectivity index is 1.26. The fraction of sp³-hybridized carbons (Fsp3) is 0.600. The number of urea groups is 1. The molecule has 1 saturated heterocycles. The van der Waals surface area contributed by atoms with E-state index in [0.29, 0.717) is 43.9 Å². The predicted octanol–water partition coefficient (Wildman–Crippen LogP) is 4.77. The number of nitrogens with one attached hydrogen (secondary N) is 1. The van der Waals surface area contributed by atoms with E-state index in [-0.39, 0.29) is 24.0 Å². The molecule has 0 radical (unpaired) electrons. The van der Waals surface area contributed by atoms with Crippen molar-refractivity contribution in [1.29, 1.82) is 0 Å². The average Bonchev–Trinajstić information content (AvgIpc) is 3.55. The van der Waals surface area contributed by atoms with E-state index in [4.69, 9.17) is 14.5 Å². The van der Waals surface area contributed by atoms with E-state index in [1.807, 2.05) is 50.7 Å². The van der Waals surface area contributed by atoms with Crippen LogP contribution in [0.2, 0.25) is 0 Å². The maximum Gasteiger partial charge on any atom is 0.322 e. The first-order valence-corrected chi connectivity index (χ1v) is 14.3. The normalized spacial score (nSPS) is 22.4. The van der Waals surface area contributed by atoms with Crippen molar-refractivity contribution in [1.82, 2.24) is 20.0 Å². The number of esters is 1. The summed E-state index contributed by atoms with van der Waals surface area (Å²) in [6, 6.07) is 3.96. The molecule has 2 amide bonds. The Labute approximate surface area is 235 Å². The number of ether oxygens (including phenoxy) is 2. The highest BCUT2D eigenvalue weighted by Gasteiger charge is 2.33. The van der Waals surface area contributed by atoms with Gasteiger partial charge in [-0.25, -0.2) is 9.79 Å². The number of amides is 2. The Bertz CT molecular complexity index is 1290. The summed E-state index contributed by atoms with van der Waals surface area (Å²) in [5.74, 6) is 1.08. The lowest BCUT2D eigenvalue weighted by Gasteiger charge is -2.35. The maximum atomic E-state index is 12.9. The quantitative estimate of drug-likeness (QED) is 0.529. The summed E-state index contributed by atoms with van der Waals surface area (Å²) in [4.78, 5) is 31.9. The Morgan fingerprint density at radius 2 is 1.82 bits per heavy atom. The molecule has 3 heterocycles. The molecule has 0 atom stereocenters. The Morgan fingerprint density at radius 3 is 2.48 bits per heavy atom. The van der Waals surface area contributed by atoms with Gasteiger partial charge in [-0.15, -0.1) is 0 Å². The van der Waals surface area contributed by atoms with Crippen molar-refractivity contribution in [3.8, 4) is 16.9 Å². The van der Waals surface area contributed by atoms with E-state index in [1.165, 1.54) is 0 Å². The van der Waals surface area contributed by atoms with E-state index in [2.05, 4.69) is 16.6 Å². The molecular weight excluding hydrogens is 510 g/mol. The van der Waals surface area contributed by atoms with E-state index in [1.54, 1.807) is 12.0 Å². The van der Waals surface area contributed by atoms with E-state index >= 15 is 0 Å². The number of aromatic nitrogens is 2. The third-order valence-electron chi connectivity index (χ3n) is 8.16. The summed E-state index contributed by atoms with van der Waals surface area (Å²) in [5.41, 5.74) is 2.51. The van der Waals surface area contributed by atoms with Gasteiger partial charge in [0, 0.05) is 31.3 Å². The maximum absolute atomic E-state index is 12.9. The monoisotopic (exact) mass is 551 g/mol. The summed E-state index contributed by atoms with van der Waals surface area (Å²) in [6.07, 6.45) is 8.85. The van der Waals surface area contributed by atoms with E-state index in [0.717, 1.165) is 48.1 Å². The van der Waals surface area contributed by atoms with Crippen LogP contribution in [0.4, 0.5) is 10.5 Å². The van der Waals surface area contributed by atoms with Crippen LogP contribution in [0.25, 0.3) is 11.1 Å². The fourth-order valence-electron chi connectivity index (χ4n) is 5.80. The largest absolute Gasteiger partial charge is 0.494 e. The molecule has 5 rings (SSSR count). The van der Waals surface area contributed by atoms with Gasteiger partial charge in [-0.1, -0.05) is 6.07 Å². The van der Waals surface area contributed by atoms with Crippen LogP contribution in [0.15, 0.2) is 29.5 Å². The summed E-state index contributed by atoms with van der Waals surface area (Å²) in [5, 5.41) is 17.9. The van der Waals surface area contributed by atoms with Crippen LogP contribution in [0.3, 0.4) is 0 Å². The van der Waals surface area contributed by atoms with Crippen molar-refractivity contribution < 1.29 is 24.2 Å². The molecule has 0 bridgehead atoms. The van der Waals surface area contributed by atoms with Gasteiger partial charge in [-0.05, 0) is 83.4 Å². The minimum absolute atomic E-state index is 0.0563. The number of likely N-dealkylation sites (tertiary alicyclic amines) is 1. The summed E-state index contributed by atoms with van der Waals surface area (Å²) >= 11 is 0. The smallest absolute Gasteiger partial charge is 0.322 e. The van der Waals surface area contributed by atoms with Crippen LogP contribution in [-0.4, -0.2) is 69.0 Å². The number of hydrogen-bond acceptors (Lipinski definition) is 7. The molecule has 40 heavy (non-hydrogen) atoms. The number of carbonyl (C=O) groups excluding carboxylic acids is 2. The van der Waals surface area contributed by atoms with Gasteiger partial charge < -0.3 is 19.5 Å². The molecular formula is C30H41N5O5. The van der Waals surface area contributed by atoms with Crippen LogP contribution in [0, 0.1) is 5.92 Å². The van der Waals surface area contributed by atoms with Gasteiger partial charge in [0.2, 0.25) is 0 Å². The lowest BCUT2D eigenvalue weighted by molar-refractivity contribution is -0.161. The van der Waals surface area contributed by atoms with Crippen LogP contribution >= 0.6 is 0 Å². The molecule has 1 aromatic carbocycles. The topological polar surface area (TPSA) is 118 Å². The van der Waals surface area contributed by atoms with Crippen LogP contribution in [0.1, 0.15) is 77.8 Å². The molecule has 2 aromatic rings. The number of carbonyl (C=O) groups is 2. The summed E-state index contributed by atoms with van der Waals surface area (Å²) in [6.45, 7) is 8.53. The molecule has 2 fully saturated rings. The van der Waals surface area contributed by atoms with Crippen molar-refractivity contribution in [2.24, 2.45) is 10.9 Å². The summed E-state index contributed by atoms with van der Waals surface area (Å²) in [7, 11) is 1.62. The third kappa shape index (κ3) is 6.16. The first-order chi connectivity index (χ1) is 18.9. The fourth-order valence-corrected chi connectivity index (χ4v) is 5.80. The number of benzene rings is 1. The molecule has 3 aliphatic rings. The van der Waals surface area contributed by atoms with Gasteiger partial charge in [-0.3, -0.25) is 14.8 Å². The number of aliphatic hydroxyl groups is 1. The second kappa shape index (κ2) is 10.9. The number of amidine groups is 1. The van der Waals surface area contributed by atoms with Gasteiger partial charge in [-0.2, -0.15) is 5.10 Å². The van der Waals surface area contributed by atoms with E-state index < -0.39 is 11.2 Å². The van der Waals surface area contributed by atoms with Gasteiger partial charge in [0.25, 0.3) is 0 Å². The second-order valence-corrected chi connectivity index (χ2v) is 12.5. The van der Waals surface area contributed by atoms with Crippen molar-refractivity contribution in [3.63, 3.8) is 0 Å². The third-order valence-corrected chi connectivity index (χ3v) is 8.16. The average molecular weight is 552 g/mol. The molecule has 1 aliphatic carbocycles. The molecule has 10 nitrogen and oxygen atoms in total. The van der Waals surface area contributed by atoms with Crippen molar-refractivity contribution in [2.45, 2.75) is 89.9 Å². The molecule has 216 valence electrons. The number of methoxy groups -OCH3 is 1. The second-order valence-electron chi connectivity index (χ2n) is 12.5. The van der Waals surface area contributed by atoms with Gasteiger partial charge >= 0.3 is 12.0 Å². The number of aliphatic imine (C=N–C) groups is 1. The number of rotatable bonds is 4. The molecule has 1 aromatic heterocycles. The van der Waals surface area contributed by atoms with Gasteiger partial charge in [0.05, 0.1) is 30.9 Å². The Hall–Kier alpha value is -3.40. The molecule has 2 N–H and O–H groups in total. The van der Waals surface area contributed by atoms with Crippen LogP contribution in [-0.2, 0) is 16.0 Å². The van der Waals surface area contributed by atoms with Crippen molar-refractivity contribution in [2.75, 3.05) is 20.2 Å². The van der Waals surface area contributed by atoms with Crippen LogP contribution in [0.5, 0.6) is 5.75 Å². The molecule has 0 spiro atoms. The molecule has 0 unspecified atom stereocenters. The molecule has 10 heteroatoms. The van der Waals surface area contributed by atoms with Crippen molar-refractivity contribution >= 4 is 23.5 Å². The lowest BCUT2D eigenvalue weighted by Crippen LogP contribution is -2.50. The Morgan fingerprint density at radius 1 is 1.12 bits per heavy atom. The highest BCUT2D eigenvalue weighted by Crippen LogP contribution is 2.42. The van der Waals surface area contributed by atoms with Gasteiger partial charge in [0.15, 0.2) is 0 Å². The predicted molar refractivity (Wildman–Crippen MR) is 152 cm³/mol. The zero-order chi connectivity index (χ0) is 28.7. The molecule has 1 saturated carbocycles. The SMILES string of the molecule is COc1ccc(-c2cnn(C3CCC(C(=O)OC(C)(C)C)CC3)c2)c2c1N=C(NC(=O)N1CCC(C)(O)CC1)C2. The number of fused-ring (bicyclic) bond motifs is 1. The van der Waals surface area contributed by atoms with Crippen LogP contribution < -0.4 is 10.1 Å². The van der Waals surface area contributed by atoms with E-state index in [9.17, 15) is 14.7 Å². The standard InChI is InChI=1S/C30H41N5O5/c1-29(2,3)40-27(36)19-6-8-21(9-7-19)35-18-20(17-31-35)22-10-11-24(39-5)26-23(22)16-25(32-26)33-28(37)34-14-12-30(4,38)13-15-34/h10-11,17-19,21,38H,6-9,12-16H2,1-5H3,(H,32,33,37). The van der Waals surface area contributed by atoms with Crippen molar-refractivity contribution in [3.05, 3.63) is 30.1 Å². The number of piperidine rings is 1. The number of nitrogens with zero attached hydrogens (tertiary/aromatic N) is 4. The minimum Gasteiger partial charge on any atom is -0.494 e. The highest BCUT2D eigenvalue weighted by atomic mass is 16.6. The highest BCUT2D eigenvalue weighted by molar-refractivity contribution is 6.04. The zero-order valence-electron chi connectivity index (χ0n) is 24.2. The zero-order valence-corrected chi connectivity index (χ0v) is 24.2. The lowest BCUT2D eigenvalue weighted by atomic mass is 9.86.